The molecule has 0 heterocycles. The topological polar surface area (TPSA) is 0 Å². The minimum absolute atomic E-state index is 0.0983. The molecule has 1 heteroatoms. The van der Waals surface area contributed by atoms with Gasteiger partial charge in [0, 0.05) is 4.87 Å². The van der Waals surface area contributed by atoms with E-state index in [-0.39, 0.29) is 4.87 Å². The van der Waals surface area contributed by atoms with Crippen LogP contribution in [0.1, 0.15) is 34.6 Å². The van der Waals surface area contributed by atoms with E-state index in [9.17, 15) is 0 Å². The highest BCUT2D eigenvalue weighted by Gasteiger charge is 2.25. The maximum Gasteiger partial charge on any atom is 0.0421 e. The van der Waals surface area contributed by atoms with Gasteiger partial charge in [-0.25, -0.2) is 0 Å². The van der Waals surface area contributed by atoms with Gasteiger partial charge in [-0.15, -0.1) is 11.6 Å². The number of hydrogen-bond donors (Lipinski definition) is 0. The molecule has 0 saturated heterocycles. The van der Waals surface area contributed by atoms with Crippen LogP contribution in [0, 0.1) is 11.8 Å². The SMILES string of the molecule is C/C=C/[C@H](C)[C@@H](C)C(C)(C)Cl. The Morgan fingerprint density at radius 2 is 1.73 bits per heavy atom. The highest BCUT2D eigenvalue weighted by Crippen LogP contribution is 2.30. The molecule has 0 aromatic heterocycles. The number of rotatable bonds is 3. The average molecular weight is 175 g/mol. The van der Waals surface area contributed by atoms with Crippen molar-refractivity contribution < 1.29 is 0 Å². The molecule has 0 fully saturated rings. The van der Waals surface area contributed by atoms with Crippen LogP contribution in [0.3, 0.4) is 0 Å². The molecule has 0 bridgehead atoms. The summed E-state index contributed by atoms with van der Waals surface area (Å²) in [5, 5.41) is 0. The van der Waals surface area contributed by atoms with Crippen molar-refractivity contribution >= 4 is 11.6 Å². The molecule has 0 saturated carbocycles. The van der Waals surface area contributed by atoms with E-state index >= 15 is 0 Å². The molecule has 0 aliphatic rings. The van der Waals surface area contributed by atoms with Crippen LogP contribution in [0.2, 0.25) is 0 Å². The van der Waals surface area contributed by atoms with Crippen molar-refractivity contribution in [3.63, 3.8) is 0 Å². The first-order chi connectivity index (χ1) is 4.89. The maximum atomic E-state index is 6.18. The smallest absolute Gasteiger partial charge is 0.0421 e. The molecular weight excluding hydrogens is 156 g/mol. The van der Waals surface area contributed by atoms with Crippen LogP contribution < -0.4 is 0 Å². The van der Waals surface area contributed by atoms with Gasteiger partial charge in [0.05, 0.1) is 0 Å². The Bertz CT molecular complexity index is 130. The normalized spacial score (nSPS) is 18.7. The number of hydrogen-bond acceptors (Lipinski definition) is 0. The Labute approximate surface area is 75.6 Å². The van der Waals surface area contributed by atoms with Crippen LogP contribution in [0.5, 0.6) is 0 Å². The van der Waals surface area contributed by atoms with Gasteiger partial charge in [0.25, 0.3) is 0 Å². The second kappa shape index (κ2) is 4.15. The number of halogens is 1. The third kappa shape index (κ3) is 3.81. The summed E-state index contributed by atoms with van der Waals surface area (Å²) in [5.74, 6) is 1.08. The lowest BCUT2D eigenvalue weighted by atomic mass is 9.85. The Morgan fingerprint density at radius 1 is 1.27 bits per heavy atom. The standard InChI is InChI=1S/C10H19Cl/c1-6-7-8(2)9(3)10(4,5)11/h6-9H,1-5H3/b7-6+/t8-,9+/m0/s1. The van der Waals surface area contributed by atoms with Crippen molar-refractivity contribution in [2.75, 3.05) is 0 Å². The van der Waals surface area contributed by atoms with E-state index in [2.05, 4.69) is 39.8 Å². The highest BCUT2D eigenvalue weighted by atomic mass is 35.5. The first-order valence-corrected chi connectivity index (χ1v) is 4.59. The lowest BCUT2D eigenvalue weighted by Gasteiger charge is -2.28. The second-order valence-corrected chi connectivity index (χ2v) is 4.71. The van der Waals surface area contributed by atoms with Crippen molar-refractivity contribution in [2.24, 2.45) is 11.8 Å². The Balaban J connectivity index is 4.13. The highest BCUT2D eigenvalue weighted by molar-refractivity contribution is 6.23. The summed E-state index contributed by atoms with van der Waals surface area (Å²) in [4.78, 5) is -0.0983. The quantitative estimate of drug-likeness (QED) is 0.451. The van der Waals surface area contributed by atoms with Crippen molar-refractivity contribution in [1.29, 1.82) is 0 Å². The van der Waals surface area contributed by atoms with Gasteiger partial charge in [0.1, 0.15) is 0 Å². The zero-order chi connectivity index (χ0) is 9.07. The van der Waals surface area contributed by atoms with E-state index in [1.54, 1.807) is 0 Å². The largest absolute Gasteiger partial charge is 0.120 e. The van der Waals surface area contributed by atoms with E-state index in [0.717, 1.165) is 0 Å². The summed E-state index contributed by atoms with van der Waals surface area (Å²) in [5.41, 5.74) is 0. The molecule has 0 aromatic rings. The molecule has 0 N–H and O–H groups in total. The number of allylic oxidation sites excluding steroid dienone is 2. The predicted octanol–water partition coefficient (Wildman–Crippen LogP) is 3.85. The van der Waals surface area contributed by atoms with Gasteiger partial charge < -0.3 is 0 Å². The van der Waals surface area contributed by atoms with Crippen molar-refractivity contribution in [2.45, 2.75) is 39.5 Å². The van der Waals surface area contributed by atoms with Gasteiger partial charge >= 0.3 is 0 Å². The second-order valence-electron chi connectivity index (χ2n) is 3.74. The fourth-order valence-electron chi connectivity index (χ4n) is 1.10. The van der Waals surface area contributed by atoms with Gasteiger partial charge in [0.15, 0.2) is 0 Å². The zero-order valence-electron chi connectivity index (χ0n) is 8.19. The summed E-state index contributed by atoms with van der Waals surface area (Å²) in [6, 6.07) is 0. The van der Waals surface area contributed by atoms with E-state index < -0.39 is 0 Å². The first-order valence-electron chi connectivity index (χ1n) is 4.21. The minimum atomic E-state index is -0.0983. The van der Waals surface area contributed by atoms with Crippen molar-refractivity contribution in [1.82, 2.24) is 0 Å². The first kappa shape index (κ1) is 11.0. The van der Waals surface area contributed by atoms with Gasteiger partial charge in [0.2, 0.25) is 0 Å². The Hall–Kier alpha value is 0.0300. The molecule has 2 atom stereocenters. The van der Waals surface area contributed by atoms with Crippen LogP contribution in [0.15, 0.2) is 12.2 Å². The molecule has 66 valence electrons. The molecule has 0 rings (SSSR count). The summed E-state index contributed by atoms with van der Waals surface area (Å²) >= 11 is 6.18. The van der Waals surface area contributed by atoms with Gasteiger partial charge in [-0.05, 0) is 32.6 Å². The zero-order valence-corrected chi connectivity index (χ0v) is 8.94. The lowest BCUT2D eigenvalue weighted by Crippen LogP contribution is -2.26. The monoisotopic (exact) mass is 174 g/mol. The molecule has 0 radical (unpaired) electrons. The molecule has 0 aliphatic carbocycles. The van der Waals surface area contributed by atoms with Crippen LogP contribution in [0.4, 0.5) is 0 Å². The van der Waals surface area contributed by atoms with Crippen molar-refractivity contribution in [3.8, 4) is 0 Å². The molecule has 0 aliphatic heterocycles. The maximum absolute atomic E-state index is 6.18. The summed E-state index contributed by atoms with van der Waals surface area (Å²) in [6.07, 6.45) is 4.29. The van der Waals surface area contributed by atoms with Crippen LogP contribution >= 0.6 is 11.6 Å². The van der Waals surface area contributed by atoms with Gasteiger partial charge in [-0.1, -0.05) is 26.0 Å². The van der Waals surface area contributed by atoms with E-state index in [4.69, 9.17) is 11.6 Å². The molecular formula is C10H19Cl. The van der Waals surface area contributed by atoms with Gasteiger partial charge in [-0.2, -0.15) is 0 Å². The molecule has 0 aromatic carbocycles. The Morgan fingerprint density at radius 3 is 2.00 bits per heavy atom. The summed E-state index contributed by atoms with van der Waals surface area (Å²) in [7, 11) is 0. The van der Waals surface area contributed by atoms with Gasteiger partial charge in [-0.3, -0.25) is 0 Å². The lowest BCUT2D eigenvalue weighted by molar-refractivity contribution is 0.369. The minimum Gasteiger partial charge on any atom is -0.120 e. The van der Waals surface area contributed by atoms with Crippen LogP contribution in [-0.4, -0.2) is 4.87 Å². The Kier molecular flexibility index (Phi) is 4.17. The summed E-state index contributed by atoms with van der Waals surface area (Å²) in [6.45, 7) is 10.6. The van der Waals surface area contributed by atoms with Crippen LogP contribution in [0.25, 0.3) is 0 Å². The molecule has 0 amide bonds. The predicted molar refractivity (Wildman–Crippen MR) is 53.1 cm³/mol. The molecule has 0 spiro atoms. The summed E-state index contributed by atoms with van der Waals surface area (Å²) < 4.78 is 0. The van der Waals surface area contributed by atoms with Crippen LogP contribution in [-0.2, 0) is 0 Å². The number of alkyl halides is 1. The third-order valence-corrected chi connectivity index (χ3v) is 2.71. The van der Waals surface area contributed by atoms with E-state index in [1.807, 2.05) is 6.92 Å². The van der Waals surface area contributed by atoms with E-state index in [1.165, 1.54) is 0 Å². The molecule has 0 nitrogen and oxygen atoms in total. The third-order valence-electron chi connectivity index (χ3n) is 2.37. The van der Waals surface area contributed by atoms with Crippen molar-refractivity contribution in [3.05, 3.63) is 12.2 Å². The fraction of sp³-hybridized carbons (Fsp3) is 0.800. The average Bonchev–Trinajstić information content (AvgIpc) is 1.85. The fourth-order valence-corrected chi connectivity index (χ4v) is 1.29. The molecule has 0 unspecified atom stereocenters. The van der Waals surface area contributed by atoms with E-state index in [0.29, 0.717) is 11.8 Å². The molecule has 11 heavy (non-hydrogen) atoms.